The van der Waals surface area contributed by atoms with Crippen LogP contribution in [-0.2, 0) is 17.6 Å². The number of carbonyl (C=O) groups excluding carboxylic acids is 2. The topological polar surface area (TPSA) is 71.1 Å². The molecule has 172 valence electrons. The van der Waals surface area contributed by atoms with Crippen molar-refractivity contribution >= 4 is 11.9 Å². The molecule has 6 rings (SSSR count). The molecule has 2 aromatic carbocycles. The first-order valence-electron chi connectivity index (χ1n) is 12.0. The van der Waals surface area contributed by atoms with E-state index in [-0.39, 0.29) is 36.7 Å². The van der Waals surface area contributed by atoms with E-state index in [1.165, 1.54) is 11.1 Å². The Morgan fingerprint density at radius 1 is 1.09 bits per heavy atom. The zero-order valence-electron chi connectivity index (χ0n) is 18.7. The van der Waals surface area contributed by atoms with Gasteiger partial charge in [0.1, 0.15) is 0 Å². The molecular weight excluding hydrogens is 418 g/mol. The second-order valence-electron chi connectivity index (χ2n) is 9.38. The first-order valence-corrected chi connectivity index (χ1v) is 12.0. The molecule has 3 amide bonds. The lowest BCUT2D eigenvalue weighted by Crippen LogP contribution is -2.61. The van der Waals surface area contributed by atoms with Crippen LogP contribution in [0.15, 0.2) is 42.5 Å². The van der Waals surface area contributed by atoms with Gasteiger partial charge >= 0.3 is 6.03 Å². The molecule has 7 nitrogen and oxygen atoms in total. The van der Waals surface area contributed by atoms with Crippen molar-refractivity contribution in [2.75, 3.05) is 26.4 Å². The molecule has 0 radical (unpaired) electrons. The molecule has 4 aliphatic rings. The highest BCUT2D eigenvalue weighted by atomic mass is 16.7. The number of nitrogens with one attached hydrogen (secondary N) is 1. The summed E-state index contributed by atoms with van der Waals surface area (Å²) in [4.78, 5) is 30.7. The lowest BCUT2D eigenvalue weighted by atomic mass is 9.76. The molecule has 7 heteroatoms. The number of nitrogens with zero attached hydrogens (tertiary/aromatic N) is 2. The van der Waals surface area contributed by atoms with Crippen LogP contribution in [-0.4, -0.2) is 54.2 Å². The SMILES string of the molecule is O=C(NCCc1ccccc1)N1CCC[C@H]2C(=O)N3CCc4ccc5c(c4[C@@H]3C[C@H]21)OCO5. The van der Waals surface area contributed by atoms with Crippen molar-refractivity contribution in [3.63, 3.8) is 0 Å². The molecule has 4 heterocycles. The summed E-state index contributed by atoms with van der Waals surface area (Å²) in [6, 6.07) is 14.0. The van der Waals surface area contributed by atoms with Gasteiger partial charge in [-0.1, -0.05) is 36.4 Å². The molecule has 0 spiro atoms. The maximum atomic E-state index is 13.6. The Bertz CT molecular complexity index is 1070. The van der Waals surface area contributed by atoms with Gasteiger partial charge in [-0.05, 0) is 49.3 Å². The number of urea groups is 1. The highest BCUT2D eigenvalue weighted by molar-refractivity contribution is 5.84. The summed E-state index contributed by atoms with van der Waals surface area (Å²) in [5.41, 5.74) is 3.51. The molecule has 33 heavy (non-hydrogen) atoms. The number of amides is 3. The Balaban J connectivity index is 1.23. The van der Waals surface area contributed by atoms with Gasteiger partial charge in [-0.25, -0.2) is 4.79 Å². The van der Waals surface area contributed by atoms with Crippen LogP contribution in [0.25, 0.3) is 0 Å². The zero-order valence-corrected chi connectivity index (χ0v) is 18.7. The predicted molar refractivity (Wildman–Crippen MR) is 122 cm³/mol. The van der Waals surface area contributed by atoms with E-state index in [4.69, 9.17) is 9.47 Å². The van der Waals surface area contributed by atoms with Crippen molar-refractivity contribution in [2.45, 2.75) is 44.2 Å². The number of rotatable bonds is 3. The van der Waals surface area contributed by atoms with E-state index < -0.39 is 0 Å². The number of hydrogen-bond acceptors (Lipinski definition) is 4. The standard InChI is InChI=1S/C26H29N3O4/c30-25-19-7-4-13-29(26(31)27-12-10-17-5-2-1-3-6-17)20(19)15-21-23-18(11-14-28(21)25)8-9-22-24(23)33-16-32-22/h1-3,5-6,8-9,19-21H,4,7,10-16H2,(H,27,31)/t19-,20-,21+/m1/s1. The zero-order chi connectivity index (χ0) is 22.4. The molecule has 0 unspecified atom stereocenters. The van der Waals surface area contributed by atoms with E-state index >= 15 is 0 Å². The third-order valence-electron chi connectivity index (χ3n) is 7.64. The van der Waals surface area contributed by atoms with Crippen LogP contribution in [0.3, 0.4) is 0 Å². The molecule has 2 saturated heterocycles. The second kappa shape index (κ2) is 8.28. The van der Waals surface area contributed by atoms with Gasteiger partial charge in [0.2, 0.25) is 12.7 Å². The molecule has 2 aromatic rings. The van der Waals surface area contributed by atoms with E-state index in [1.807, 2.05) is 34.1 Å². The van der Waals surface area contributed by atoms with Gasteiger partial charge in [-0.3, -0.25) is 4.79 Å². The lowest BCUT2D eigenvalue weighted by Gasteiger charge is -2.51. The summed E-state index contributed by atoms with van der Waals surface area (Å²) < 4.78 is 11.5. The fourth-order valence-corrected chi connectivity index (χ4v) is 6.07. The number of ether oxygens (including phenoxy) is 2. The van der Waals surface area contributed by atoms with Crippen LogP contribution in [0.4, 0.5) is 4.79 Å². The Morgan fingerprint density at radius 2 is 1.97 bits per heavy atom. The Kier molecular flexibility index (Phi) is 5.12. The molecular formula is C26H29N3O4. The summed E-state index contributed by atoms with van der Waals surface area (Å²) in [5, 5.41) is 3.10. The summed E-state index contributed by atoms with van der Waals surface area (Å²) in [6.07, 6.45) is 4.08. The third kappa shape index (κ3) is 3.50. The molecule has 0 aromatic heterocycles. The number of fused-ring (bicyclic) bond motifs is 6. The Hall–Kier alpha value is -3.22. The van der Waals surface area contributed by atoms with Gasteiger partial charge in [-0.15, -0.1) is 0 Å². The monoisotopic (exact) mass is 447 g/mol. The van der Waals surface area contributed by atoms with Crippen LogP contribution in [0.2, 0.25) is 0 Å². The van der Waals surface area contributed by atoms with Crippen molar-refractivity contribution in [2.24, 2.45) is 5.92 Å². The minimum atomic E-state index is -0.120. The van der Waals surface area contributed by atoms with Crippen molar-refractivity contribution in [3.8, 4) is 11.5 Å². The lowest BCUT2D eigenvalue weighted by molar-refractivity contribution is -0.148. The van der Waals surface area contributed by atoms with E-state index in [9.17, 15) is 9.59 Å². The molecule has 0 bridgehead atoms. The van der Waals surface area contributed by atoms with E-state index in [1.54, 1.807) is 0 Å². The summed E-state index contributed by atoms with van der Waals surface area (Å²) in [6.45, 7) is 2.22. The van der Waals surface area contributed by atoms with Gasteiger partial charge < -0.3 is 24.6 Å². The number of likely N-dealkylation sites (tertiary alicyclic amines) is 1. The summed E-state index contributed by atoms with van der Waals surface area (Å²) in [5.74, 6) is 1.60. The number of carbonyl (C=O) groups is 2. The van der Waals surface area contributed by atoms with Gasteiger partial charge in [-0.2, -0.15) is 0 Å². The summed E-state index contributed by atoms with van der Waals surface area (Å²) >= 11 is 0. The fraction of sp³-hybridized carbons (Fsp3) is 0.462. The van der Waals surface area contributed by atoms with Gasteiger partial charge in [0.05, 0.1) is 12.0 Å². The Labute approximate surface area is 193 Å². The van der Waals surface area contributed by atoms with Crippen LogP contribution >= 0.6 is 0 Å². The number of piperidine rings is 2. The fourth-order valence-electron chi connectivity index (χ4n) is 6.07. The number of benzene rings is 2. The normalized spacial score (nSPS) is 25.2. The highest BCUT2D eigenvalue weighted by Crippen LogP contribution is 2.50. The van der Waals surface area contributed by atoms with E-state index in [0.717, 1.165) is 55.7 Å². The van der Waals surface area contributed by atoms with Crippen LogP contribution in [0, 0.1) is 5.92 Å². The quantitative estimate of drug-likeness (QED) is 0.784. The van der Waals surface area contributed by atoms with Gasteiger partial charge in [0, 0.05) is 31.2 Å². The van der Waals surface area contributed by atoms with E-state index in [0.29, 0.717) is 13.1 Å². The van der Waals surface area contributed by atoms with Crippen LogP contribution < -0.4 is 14.8 Å². The maximum absolute atomic E-state index is 13.6. The largest absolute Gasteiger partial charge is 0.454 e. The van der Waals surface area contributed by atoms with Crippen molar-refractivity contribution in [1.82, 2.24) is 15.1 Å². The van der Waals surface area contributed by atoms with E-state index in [2.05, 4.69) is 23.5 Å². The van der Waals surface area contributed by atoms with Gasteiger partial charge in [0.25, 0.3) is 0 Å². The molecule has 0 saturated carbocycles. The first-order chi connectivity index (χ1) is 16.2. The molecule has 1 N–H and O–H groups in total. The second-order valence-corrected chi connectivity index (χ2v) is 9.38. The highest BCUT2D eigenvalue weighted by Gasteiger charge is 2.49. The minimum absolute atomic E-state index is 0.0595. The predicted octanol–water partition coefficient (Wildman–Crippen LogP) is 3.28. The van der Waals surface area contributed by atoms with Crippen molar-refractivity contribution in [3.05, 3.63) is 59.2 Å². The minimum Gasteiger partial charge on any atom is -0.454 e. The molecule has 4 aliphatic heterocycles. The summed E-state index contributed by atoms with van der Waals surface area (Å²) in [7, 11) is 0. The molecule has 0 aliphatic carbocycles. The number of hydrogen-bond donors (Lipinski definition) is 1. The van der Waals surface area contributed by atoms with Crippen molar-refractivity contribution < 1.29 is 19.1 Å². The average molecular weight is 448 g/mol. The maximum Gasteiger partial charge on any atom is 0.317 e. The average Bonchev–Trinajstić information content (AvgIpc) is 3.33. The first kappa shape index (κ1) is 20.4. The molecule has 3 atom stereocenters. The van der Waals surface area contributed by atoms with Crippen molar-refractivity contribution in [1.29, 1.82) is 0 Å². The smallest absolute Gasteiger partial charge is 0.317 e. The third-order valence-corrected chi connectivity index (χ3v) is 7.64. The van der Waals surface area contributed by atoms with Gasteiger partial charge in [0.15, 0.2) is 11.5 Å². The molecule has 2 fully saturated rings. The Morgan fingerprint density at radius 3 is 2.85 bits per heavy atom. The van der Waals surface area contributed by atoms with Crippen LogP contribution in [0.1, 0.15) is 42.0 Å². The van der Waals surface area contributed by atoms with Crippen LogP contribution in [0.5, 0.6) is 11.5 Å².